The largest absolute Gasteiger partial charge is 0.415 e. The van der Waals surface area contributed by atoms with Gasteiger partial charge in [0.25, 0.3) is 0 Å². The van der Waals surface area contributed by atoms with Crippen molar-refractivity contribution in [3.8, 4) is 0 Å². The van der Waals surface area contributed by atoms with Crippen LogP contribution in [-0.2, 0) is 17.8 Å². The third-order valence-corrected chi connectivity index (χ3v) is 2.94. The number of carbonyl (C=O) groups excluding carboxylic acids is 1. The second-order valence-corrected chi connectivity index (χ2v) is 4.55. The summed E-state index contributed by atoms with van der Waals surface area (Å²) in [6.07, 6.45) is -3.90. The number of amides is 1. The number of rotatable bonds is 4. The van der Waals surface area contributed by atoms with Crippen molar-refractivity contribution in [3.63, 3.8) is 0 Å². The number of halogens is 3. The van der Waals surface area contributed by atoms with Gasteiger partial charge in [0.2, 0.25) is 5.91 Å². The molecule has 0 aliphatic heterocycles. The van der Waals surface area contributed by atoms with Crippen LogP contribution in [0.4, 0.5) is 13.2 Å². The first kappa shape index (κ1) is 15.5. The number of aryl methyl sites for hydroxylation is 1. The highest BCUT2D eigenvalue weighted by molar-refractivity contribution is 5.86. The SMILES string of the molecule is CCc1ccc(CNC(=O)C(C)(N)C(F)(F)F)cc1. The van der Waals surface area contributed by atoms with Crippen LogP contribution in [0, 0.1) is 0 Å². The predicted molar refractivity (Wildman–Crippen MR) is 66.3 cm³/mol. The maximum absolute atomic E-state index is 12.5. The molecule has 0 aliphatic carbocycles. The van der Waals surface area contributed by atoms with E-state index >= 15 is 0 Å². The predicted octanol–water partition coefficient (Wildman–Crippen LogP) is 2.14. The zero-order chi connectivity index (χ0) is 14.7. The number of alkyl halides is 3. The fourth-order valence-electron chi connectivity index (χ4n) is 1.39. The summed E-state index contributed by atoms with van der Waals surface area (Å²) in [6.45, 7) is 2.67. The third kappa shape index (κ3) is 3.70. The van der Waals surface area contributed by atoms with Gasteiger partial charge in [0.05, 0.1) is 0 Å². The molecule has 1 aromatic rings. The van der Waals surface area contributed by atoms with E-state index in [1.165, 1.54) is 0 Å². The Morgan fingerprint density at radius 3 is 2.11 bits per heavy atom. The second-order valence-electron chi connectivity index (χ2n) is 4.55. The normalized spacial score (nSPS) is 14.8. The minimum absolute atomic E-state index is 0.0195. The Balaban J connectivity index is 2.63. The maximum Gasteiger partial charge on any atom is 0.415 e. The van der Waals surface area contributed by atoms with Crippen LogP contribution < -0.4 is 11.1 Å². The highest BCUT2D eigenvalue weighted by Gasteiger charge is 2.53. The lowest BCUT2D eigenvalue weighted by molar-refractivity contribution is -0.187. The smallest absolute Gasteiger partial charge is 0.350 e. The first-order valence-corrected chi connectivity index (χ1v) is 5.90. The molecule has 0 saturated heterocycles. The molecule has 0 saturated carbocycles. The molecule has 0 radical (unpaired) electrons. The Bertz CT molecular complexity index is 438. The van der Waals surface area contributed by atoms with Gasteiger partial charge in [-0.05, 0) is 24.5 Å². The fourth-order valence-corrected chi connectivity index (χ4v) is 1.39. The highest BCUT2D eigenvalue weighted by Crippen LogP contribution is 2.27. The highest BCUT2D eigenvalue weighted by atomic mass is 19.4. The molecule has 1 amide bonds. The summed E-state index contributed by atoms with van der Waals surface area (Å²) in [5, 5.41) is 2.20. The van der Waals surface area contributed by atoms with Crippen LogP contribution in [0.5, 0.6) is 0 Å². The lowest BCUT2D eigenvalue weighted by Crippen LogP contribution is -2.61. The Morgan fingerprint density at radius 1 is 1.21 bits per heavy atom. The van der Waals surface area contributed by atoms with Crippen molar-refractivity contribution in [1.29, 1.82) is 0 Å². The van der Waals surface area contributed by atoms with E-state index in [2.05, 4.69) is 5.32 Å². The van der Waals surface area contributed by atoms with Crippen LogP contribution >= 0.6 is 0 Å². The number of benzene rings is 1. The van der Waals surface area contributed by atoms with Crippen LogP contribution in [0.2, 0.25) is 0 Å². The molecule has 1 unspecified atom stereocenters. The molecule has 0 aromatic heterocycles. The summed E-state index contributed by atoms with van der Waals surface area (Å²) < 4.78 is 37.6. The molecule has 1 rings (SSSR count). The van der Waals surface area contributed by atoms with Gasteiger partial charge in [-0.15, -0.1) is 0 Å². The molecule has 1 atom stereocenters. The molecule has 1 aromatic carbocycles. The van der Waals surface area contributed by atoms with Gasteiger partial charge in [-0.1, -0.05) is 31.2 Å². The van der Waals surface area contributed by atoms with Gasteiger partial charge in [0.15, 0.2) is 5.54 Å². The van der Waals surface area contributed by atoms with Gasteiger partial charge in [-0.3, -0.25) is 4.79 Å². The average molecular weight is 274 g/mol. The van der Waals surface area contributed by atoms with Crippen LogP contribution in [-0.4, -0.2) is 17.6 Å². The van der Waals surface area contributed by atoms with Crippen molar-refractivity contribution < 1.29 is 18.0 Å². The van der Waals surface area contributed by atoms with Gasteiger partial charge >= 0.3 is 6.18 Å². The lowest BCUT2D eigenvalue weighted by atomic mass is 10.0. The maximum atomic E-state index is 12.5. The number of hydrogen-bond acceptors (Lipinski definition) is 2. The van der Waals surface area contributed by atoms with E-state index in [1.807, 2.05) is 19.1 Å². The monoisotopic (exact) mass is 274 g/mol. The summed E-state index contributed by atoms with van der Waals surface area (Å²) in [5.74, 6) is -1.24. The topological polar surface area (TPSA) is 55.1 Å². The second kappa shape index (κ2) is 5.61. The van der Waals surface area contributed by atoms with Crippen molar-refractivity contribution in [2.75, 3.05) is 0 Å². The summed E-state index contributed by atoms with van der Waals surface area (Å²) in [5.41, 5.74) is 3.98. The number of carbonyl (C=O) groups is 1. The quantitative estimate of drug-likeness (QED) is 0.884. The summed E-state index contributed by atoms with van der Waals surface area (Å²) >= 11 is 0. The number of nitrogens with one attached hydrogen (secondary N) is 1. The van der Waals surface area contributed by atoms with Crippen LogP contribution in [0.3, 0.4) is 0 Å². The van der Waals surface area contributed by atoms with E-state index in [4.69, 9.17) is 5.73 Å². The van der Waals surface area contributed by atoms with Gasteiger partial charge in [0, 0.05) is 6.54 Å². The summed E-state index contributed by atoms with van der Waals surface area (Å²) in [6, 6.07) is 7.26. The Kier molecular flexibility index (Phi) is 4.57. The van der Waals surface area contributed by atoms with E-state index in [-0.39, 0.29) is 6.54 Å². The first-order valence-electron chi connectivity index (χ1n) is 5.90. The van der Waals surface area contributed by atoms with Crippen LogP contribution in [0.1, 0.15) is 25.0 Å². The Labute approximate surface area is 110 Å². The van der Waals surface area contributed by atoms with Gasteiger partial charge in [-0.2, -0.15) is 13.2 Å². The van der Waals surface area contributed by atoms with Crippen molar-refractivity contribution >= 4 is 5.91 Å². The number of hydrogen-bond donors (Lipinski definition) is 2. The van der Waals surface area contributed by atoms with Crippen molar-refractivity contribution in [1.82, 2.24) is 5.32 Å². The third-order valence-electron chi connectivity index (χ3n) is 2.94. The minimum atomic E-state index is -4.77. The zero-order valence-corrected chi connectivity index (χ0v) is 10.8. The Morgan fingerprint density at radius 2 is 1.68 bits per heavy atom. The van der Waals surface area contributed by atoms with E-state index in [1.54, 1.807) is 12.1 Å². The zero-order valence-electron chi connectivity index (χ0n) is 10.8. The van der Waals surface area contributed by atoms with E-state index in [0.29, 0.717) is 6.92 Å². The molecule has 106 valence electrons. The lowest BCUT2D eigenvalue weighted by Gasteiger charge is -2.26. The average Bonchev–Trinajstić information content (AvgIpc) is 2.35. The molecule has 0 heterocycles. The molecular formula is C13H17F3N2O. The standard InChI is InChI=1S/C13H17F3N2O/c1-3-9-4-6-10(7-5-9)8-18-11(19)12(2,17)13(14,15)16/h4-7H,3,8,17H2,1-2H3,(H,18,19). The fraction of sp³-hybridized carbons (Fsp3) is 0.462. The molecule has 3 nitrogen and oxygen atoms in total. The van der Waals surface area contributed by atoms with Crippen molar-refractivity contribution in [3.05, 3.63) is 35.4 Å². The molecule has 0 aliphatic rings. The van der Waals surface area contributed by atoms with Crippen LogP contribution in [0.25, 0.3) is 0 Å². The molecule has 0 bridgehead atoms. The van der Waals surface area contributed by atoms with Gasteiger partial charge in [-0.25, -0.2) is 0 Å². The molecular weight excluding hydrogens is 257 g/mol. The Hall–Kier alpha value is -1.56. The van der Waals surface area contributed by atoms with E-state index in [0.717, 1.165) is 17.5 Å². The molecule has 3 N–H and O–H groups in total. The first-order chi connectivity index (χ1) is 8.68. The molecule has 0 spiro atoms. The number of nitrogens with two attached hydrogens (primary N) is 1. The van der Waals surface area contributed by atoms with Crippen LogP contribution in [0.15, 0.2) is 24.3 Å². The van der Waals surface area contributed by atoms with E-state index < -0.39 is 17.6 Å². The minimum Gasteiger partial charge on any atom is -0.350 e. The van der Waals surface area contributed by atoms with E-state index in [9.17, 15) is 18.0 Å². The molecule has 19 heavy (non-hydrogen) atoms. The van der Waals surface area contributed by atoms with Gasteiger partial charge < -0.3 is 11.1 Å². The summed E-state index contributed by atoms with van der Waals surface area (Å²) in [7, 11) is 0. The summed E-state index contributed by atoms with van der Waals surface area (Å²) in [4.78, 5) is 11.5. The molecule has 6 heteroatoms. The van der Waals surface area contributed by atoms with Crippen molar-refractivity contribution in [2.45, 2.75) is 38.5 Å². The molecule has 0 fully saturated rings. The van der Waals surface area contributed by atoms with Crippen molar-refractivity contribution in [2.24, 2.45) is 5.73 Å². The van der Waals surface area contributed by atoms with Gasteiger partial charge in [0.1, 0.15) is 0 Å².